The van der Waals surface area contributed by atoms with Crippen LogP contribution in [0.2, 0.25) is 0 Å². The van der Waals surface area contributed by atoms with E-state index in [0.717, 1.165) is 10.2 Å². The third kappa shape index (κ3) is 6.38. The molecule has 0 aliphatic carbocycles. The van der Waals surface area contributed by atoms with Crippen molar-refractivity contribution in [3.05, 3.63) is 20.8 Å². The second-order valence-corrected chi connectivity index (χ2v) is 7.40. The van der Waals surface area contributed by atoms with Crippen LogP contribution in [-0.4, -0.2) is 41.6 Å². The van der Waals surface area contributed by atoms with Crippen molar-refractivity contribution in [1.29, 1.82) is 0 Å². The van der Waals surface area contributed by atoms with Crippen LogP contribution in [0.3, 0.4) is 0 Å². The zero-order valence-electron chi connectivity index (χ0n) is 11.6. The normalized spacial score (nSPS) is 10.6. The molecule has 1 heterocycles. The number of thiophene rings is 1. The Morgan fingerprint density at radius 3 is 2.65 bits per heavy atom. The van der Waals surface area contributed by atoms with Crippen molar-refractivity contribution in [3.63, 3.8) is 0 Å². The predicted octanol–water partition coefficient (Wildman–Crippen LogP) is 2.81. The summed E-state index contributed by atoms with van der Waals surface area (Å²) in [6, 6.07) is 3.65. The molecule has 0 aliphatic heterocycles. The number of urea groups is 1. The van der Waals surface area contributed by atoms with Gasteiger partial charge in [-0.25, -0.2) is 4.79 Å². The summed E-state index contributed by atoms with van der Waals surface area (Å²) in [5, 5.41) is 11.6. The molecule has 5 nitrogen and oxygen atoms in total. The van der Waals surface area contributed by atoms with Crippen LogP contribution in [0.25, 0.3) is 0 Å². The minimum Gasteiger partial charge on any atom is -0.480 e. The summed E-state index contributed by atoms with van der Waals surface area (Å²) in [6.45, 7) is 4.56. The van der Waals surface area contributed by atoms with E-state index in [2.05, 4.69) is 21.2 Å². The first-order valence-electron chi connectivity index (χ1n) is 6.37. The van der Waals surface area contributed by atoms with Crippen LogP contribution in [-0.2, 0) is 11.2 Å². The molecule has 2 N–H and O–H groups in total. The summed E-state index contributed by atoms with van der Waals surface area (Å²) in [5.41, 5.74) is 0. The molecule has 0 spiro atoms. The van der Waals surface area contributed by atoms with Crippen molar-refractivity contribution < 1.29 is 14.7 Å². The number of hydrogen-bond acceptors (Lipinski definition) is 3. The zero-order chi connectivity index (χ0) is 15.1. The van der Waals surface area contributed by atoms with Crippen LogP contribution in [0.1, 0.15) is 18.7 Å². The highest BCUT2D eigenvalue weighted by Crippen LogP contribution is 2.22. The highest BCUT2D eigenvalue weighted by molar-refractivity contribution is 9.11. The SMILES string of the molecule is CC(C)CN(CC(=O)O)C(=O)NCCc1ccc(Br)s1. The van der Waals surface area contributed by atoms with Crippen molar-refractivity contribution >= 4 is 39.3 Å². The van der Waals surface area contributed by atoms with Gasteiger partial charge in [-0.3, -0.25) is 4.79 Å². The number of halogens is 1. The molecular formula is C13H19BrN2O3S. The quantitative estimate of drug-likeness (QED) is 0.783. The van der Waals surface area contributed by atoms with Crippen LogP contribution in [0.15, 0.2) is 15.9 Å². The molecule has 0 unspecified atom stereocenters. The van der Waals surface area contributed by atoms with Crippen molar-refractivity contribution in [2.75, 3.05) is 19.6 Å². The Balaban J connectivity index is 2.42. The standard InChI is InChI=1S/C13H19BrN2O3S/c1-9(2)7-16(8-12(17)18)13(19)15-6-5-10-3-4-11(14)20-10/h3-4,9H,5-8H2,1-2H3,(H,15,19)(H,17,18). The molecule has 0 aromatic carbocycles. The Morgan fingerprint density at radius 2 is 2.15 bits per heavy atom. The van der Waals surface area contributed by atoms with Gasteiger partial charge < -0.3 is 15.3 Å². The highest BCUT2D eigenvalue weighted by Gasteiger charge is 2.17. The predicted molar refractivity (Wildman–Crippen MR) is 83.2 cm³/mol. The maximum Gasteiger partial charge on any atom is 0.323 e. The summed E-state index contributed by atoms with van der Waals surface area (Å²) in [5.74, 6) is -0.767. The number of rotatable bonds is 7. The lowest BCUT2D eigenvalue weighted by molar-refractivity contribution is -0.137. The van der Waals surface area contributed by atoms with E-state index < -0.39 is 5.97 Å². The Bertz CT molecular complexity index is 462. The third-order valence-corrected chi connectivity index (χ3v) is 4.16. The average molecular weight is 363 g/mol. The molecular weight excluding hydrogens is 344 g/mol. The van der Waals surface area contributed by atoms with Gasteiger partial charge in [0.2, 0.25) is 0 Å². The lowest BCUT2D eigenvalue weighted by atomic mass is 10.2. The van der Waals surface area contributed by atoms with Crippen LogP contribution < -0.4 is 5.32 Å². The maximum absolute atomic E-state index is 12.0. The number of aliphatic carboxylic acids is 1. The van der Waals surface area contributed by atoms with Crippen LogP contribution in [0.5, 0.6) is 0 Å². The Morgan fingerprint density at radius 1 is 1.45 bits per heavy atom. The lowest BCUT2D eigenvalue weighted by Gasteiger charge is -2.23. The number of carbonyl (C=O) groups is 2. The fourth-order valence-corrected chi connectivity index (χ4v) is 3.20. The Hall–Kier alpha value is -1.08. The Kier molecular flexibility index (Phi) is 7.01. The summed E-state index contributed by atoms with van der Waals surface area (Å²) in [4.78, 5) is 25.2. The van der Waals surface area contributed by atoms with E-state index in [9.17, 15) is 9.59 Å². The summed E-state index contributed by atoms with van der Waals surface area (Å²) in [7, 11) is 0. The average Bonchev–Trinajstić information content (AvgIpc) is 2.73. The first-order valence-corrected chi connectivity index (χ1v) is 7.98. The van der Waals surface area contributed by atoms with Gasteiger partial charge in [-0.15, -0.1) is 11.3 Å². The van der Waals surface area contributed by atoms with Gasteiger partial charge in [-0.05, 0) is 40.4 Å². The number of carboxylic acid groups (broad SMARTS) is 1. The first kappa shape index (κ1) is 17.0. The Labute approximate surface area is 131 Å². The van der Waals surface area contributed by atoms with Gasteiger partial charge in [0.25, 0.3) is 0 Å². The molecule has 0 fully saturated rings. The fraction of sp³-hybridized carbons (Fsp3) is 0.538. The van der Waals surface area contributed by atoms with Gasteiger partial charge >= 0.3 is 12.0 Å². The number of amides is 2. The molecule has 1 aromatic rings. The van der Waals surface area contributed by atoms with E-state index >= 15 is 0 Å². The molecule has 0 aliphatic rings. The van der Waals surface area contributed by atoms with E-state index in [4.69, 9.17) is 5.11 Å². The summed E-state index contributed by atoms with van der Waals surface area (Å²) in [6.07, 6.45) is 0.741. The molecule has 0 atom stereocenters. The summed E-state index contributed by atoms with van der Waals surface area (Å²) < 4.78 is 1.06. The number of carboxylic acids is 1. The fourth-order valence-electron chi connectivity index (χ4n) is 1.71. The molecule has 1 rings (SSSR count). The van der Waals surface area contributed by atoms with E-state index in [1.54, 1.807) is 11.3 Å². The van der Waals surface area contributed by atoms with Crippen LogP contribution in [0, 0.1) is 5.92 Å². The van der Waals surface area contributed by atoms with Crippen LogP contribution >= 0.6 is 27.3 Å². The summed E-state index contributed by atoms with van der Waals surface area (Å²) >= 11 is 5.01. The van der Waals surface area contributed by atoms with Gasteiger partial charge in [-0.1, -0.05) is 13.8 Å². The molecule has 112 valence electrons. The van der Waals surface area contributed by atoms with Crippen molar-refractivity contribution in [3.8, 4) is 0 Å². The number of carbonyl (C=O) groups excluding carboxylic acids is 1. The number of nitrogens with one attached hydrogen (secondary N) is 1. The second kappa shape index (κ2) is 8.26. The molecule has 7 heteroatoms. The first-order chi connectivity index (χ1) is 9.38. The molecule has 0 radical (unpaired) electrons. The van der Waals surface area contributed by atoms with E-state index in [1.807, 2.05) is 26.0 Å². The molecule has 2 amide bonds. The molecule has 0 saturated carbocycles. The molecule has 1 aromatic heterocycles. The van der Waals surface area contributed by atoms with Gasteiger partial charge in [-0.2, -0.15) is 0 Å². The minimum absolute atomic E-state index is 0.230. The van der Waals surface area contributed by atoms with E-state index in [1.165, 1.54) is 9.78 Å². The molecule has 0 bridgehead atoms. The third-order valence-electron chi connectivity index (χ3n) is 2.48. The van der Waals surface area contributed by atoms with Crippen molar-refractivity contribution in [2.24, 2.45) is 5.92 Å². The maximum atomic E-state index is 12.0. The van der Waals surface area contributed by atoms with Gasteiger partial charge in [0.15, 0.2) is 0 Å². The topological polar surface area (TPSA) is 69.6 Å². The lowest BCUT2D eigenvalue weighted by Crippen LogP contribution is -2.45. The second-order valence-electron chi connectivity index (χ2n) is 4.86. The molecule has 20 heavy (non-hydrogen) atoms. The minimum atomic E-state index is -0.997. The largest absolute Gasteiger partial charge is 0.480 e. The molecule has 0 saturated heterocycles. The van der Waals surface area contributed by atoms with Gasteiger partial charge in [0.1, 0.15) is 6.54 Å². The number of hydrogen-bond donors (Lipinski definition) is 2. The van der Waals surface area contributed by atoms with Gasteiger partial charge in [0.05, 0.1) is 3.79 Å². The van der Waals surface area contributed by atoms with Crippen molar-refractivity contribution in [1.82, 2.24) is 10.2 Å². The zero-order valence-corrected chi connectivity index (χ0v) is 14.0. The smallest absolute Gasteiger partial charge is 0.323 e. The van der Waals surface area contributed by atoms with Gasteiger partial charge in [0, 0.05) is 18.0 Å². The number of nitrogens with zero attached hydrogens (tertiary/aromatic N) is 1. The van der Waals surface area contributed by atoms with Crippen LogP contribution in [0.4, 0.5) is 4.79 Å². The van der Waals surface area contributed by atoms with Crippen molar-refractivity contribution in [2.45, 2.75) is 20.3 Å². The monoisotopic (exact) mass is 362 g/mol. The highest BCUT2D eigenvalue weighted by atomic mass is 79.9. The van der Waals surface area contributed by atoms with E-state index in [-0.39, 0.29) is 18.5 Å². The van der Waals surface area contributed by atoms with E-state index in [0.29, 0.717) is 13.1 Å².